The van der Waals surface area contributed by atoms with Gasteiger partial charge in [-0.05, 0) is 24.5 Å². The van der Waals surface area contributed by atoms with E-state index < -0.39 is 0 Å². The van der Waals surface area contributed by atoms with Crippen LogP contribution in [-0.4, -0.2) is 27.7 Å². The smallest absolute Gasteiger partial charge is 0.274 e. The Hall–Kier alpha value is -2.96. The van der Waals surface area contributed by atoms with E-state index in [9.17, 15) is 4.79 Å². The van der Waals surface area contributed by atoms with Gasteiger partial charge in [-0.25, -0.2) is 0 Å². The van der Waals surface area contributed by atoms with Crippen molar-refractivity contribution in [3.05, 3.63) is 41.4 Å². The third-order valence-electron chi connectivity index (χ3n) is 3.81. The van der Waals surface area contributed by atoms with Crippen molar-refractivity contribution in [3.63, 3.8) is 0 Å². The van der Waals surface area contributed by atoms with Gasteiger partial charge in [0.25, 0.3) is 5.91 Å². The van der Waals surface area contributed by atoms with Crippen molar-refractivity contribution in [1.82, 2.24) is 20.6 Å². The minimum Gasteiger partial charge on any atom is -0.355 e. The molecule has 7 nitrogen and oxygen atoms in total. The molecule has 0 radical (unpaired) electrons. The van der Waals surface area contributed by atoms with E-state index in [-0.39, 0.29) is 17.4 Å². The first-order valence-corrected chi connectivity index (χ1v) is 8.20. The summed E-state index contributed by atoms with van der Waals surface area (Å²) in [6.07, 6.45) is 0. The Bertz CT molecular complexity index is 895. The molecule has 130 valence electrons. The molecule has 0 spiro atoms. The molecule has 0 atom stereocenters. The molecule has 0 unspecified atom stereocenters. The van der Waals surface area contributed by atoms with Crippen LogP contribution in [0.1, 0.15) is 48.6 Å². The Balaban J connectivity index is 2.17. The molecule has 0 aliphatic carbocycles. The van der Waals surface area contributed by atoms with Gasteiger partial charge in [-0.2, -0.15) is 4.98 Å². The summed E-state index contributed by atoms with van der Waals surface area (Å²) in [5, 5.41) is 10.6. The molecule has 3 rings (SSSR count). The molecule has 1 N–H and O–H groups in total. The van der Waals surface area contributed by atoms with E-state index in [1.165, 1.54) is 0 Å². The van der Waals surface area contributed by atoms with Crippen LogP contribution in [0.4, 0.5) is 0 Å². The van der Waals surface area contributed by atoms with E-state index in [0.717, 1.165) is 11.1 Å². The van der Waals surface area contributed by atoms with Gasteiger partial charge in [-0.1, -0.05) is 42.4 Å². The van der Waals surface area contributed by atoms with Crippen molar-refractivity contribution in [2.24, 2.45) is 0 Å². The Morgan fingerprint density at radius 3 is 2.68 bits per heavy atom. The van der Waals surface area contributed by atoms with Crippen LogP contribution in [0, 0.1) is 6.92 Å². The minimum absolute atomic E-state index is 0.146. The molecule has 2 aromatic heterocycles. The van der Waals surface area contributed by atoms with Crippen molar-refractivity contribution in [2.75, 3.05) is 6.54 Å². The second-order valence-corrected chi connectivity index (χ2v) is 6.01. The number of rotatable bonds is 5. The van der Waals surface area contributed by atoms with Crippen molar-refractivity contribution in [2.45, 2.75) is 33.6 Å². The van der Waals surface area contributed by atoms with Gasteiger partial charge in [-0.15, -0.1) is 0 Å². The van der Waals surface area contributed by atoms with E-state index in [2.05, 4.69) is 34.5 Å². The summed E-state index contributed by atoms with van der Waals surface area (Å²) in [5.41, 5.74) is 2.55. The first-order chi connectivity index (χ1) is 12.0. The predicted molar refractivity (Wildman–Crippen MR) is 92.1 cm³/mol. The lowest BCUT2D eigenvalue weighted by molar-refractivity contribution is 0.0947. The third-order valence-corrected chi connectivity index (χ3v) is 3.81. The zero-order valence-corrected chi connectivity index (χ0v) is 14.7. The summed E-state index contributed by atoms with van der Waals surface area (Å²) in [4.78, 5) is 16.6. The summed E-state index contributed by atoms with van der Waals surface area (Å²) in [6.45, 7) is 8.23. The average molecular weight is 340 g/mol. The Labute approximate surface area is 145 Å². The number of hydrogen-bond donors (Lipinski definition) is 1. The lowest BCUT2D eigenvalue weighted by Gasteiger charge is -2.07. The van der Waals surface area contributed by atoms with E-state index in [0.29, 0.717) is 29.7 Å². The fraction of sp³-hybridized carbons (Fsp3) is 0.333. The number of amides is 1. The maximum absolute atomic E-state index is 12.3. The highest BCUT2D eigenvalue weighted by molar-refractivity contribution is 6.01. The fourth-order valence-electron chi connectivity index (χ4n) is 2.53. The van der Waals surface area contributed by atoms with Gasteiger partial charge in [-0.3, -0.25) is 4.79 Å². The first-order valence-electron chi connectivity index (χ1n) is 8.20. The number of aryl methyl sites for hydroxylation is 1. The van der Waals surface area contributed by atoms with Crippen molar-refractivity contribution in [1.29, 1.82) is 0 Å². The number of aromatic nitrogens is 3. The van der Waals surface area contributed by atoms with Crippen molar-refractivity contribution < 1.29 is 13.8 Å². The molecule has 0 aliphatic heterocycles. The summed E-state index contributed by atoms with van der Waals surface area (Å²) in [5.74, 6) is 1.16. The van der Waals surface area contributed by atoms with E-state index in [1.54, 1.807) is 6.92 Å². The highest BCUT2D eigenvalue weighted by Gasteiger charge is 2.27. The number of nitrogens with one attached hydrogen (secondary N) is 1. The van der Waals surface area contributed by atoms with Crippen LogP contribution in [0.25, 0.3) is 22.7 Å². The summed E-state index contributed by atoms with van der Waals surface area (Å²) in [7, 11) is 0. The molecule has 0 saturated heterocycles. The van der Waals surface area contributed by atoms with E-state index in [4.69, 9.17) is 9.05 Å². The number of carbonyl (C=O) groups is 1. The Morgan fingerprint density at radius 2 is 2.04 bits per heavy atom. The minimum atomic E-state index is -0.338. The average Bonchev–Trinajstić information content (AvgIpc) is 3.21. The second-order valence-electron chi connectivity index (χ2n) is 6.01. The highest BCUT2D eigenvalue weighted by atomic mass is 16.5. The van der Waals surface area contributed by atoms with Crippen LogP contribution >= 0.6 is 0 Å². The number of benzene rings is 1. The molecule has 7 heteroatoms. The summed E-state index contributed by atoms with van der Waals surface area (Å²) < 4.78 is 10.6. The monoisotopic (exact) mass is 340 g/mol. The van der Waals surface area contributed by atoms with Crippen LogP contribution in [0.3, 0.4) is 0 Å². The second kappa shape index (κ2) is 6.88. The van der Waals surface area contributed by atoms with Crippen molar-refractivity contribution in [3.8, 4) is 22.7 Å². The van der Waals surface area contributed by atoms with Gasteiger partial charge in [0.2, 0.25) is 11.7 Å². The predicted octanol–water partition coefficient (Wildman–Crippen LogP) is 3.57. The molecule has 0 bridgehead atoms. The molecule has 1 aromatic carbocycles. The molecule has 2 heterocycles. The molecule has 0 fully saturated rings. The van der Waals surface area contributed by atoms with Gasteiger partial charge in [0.15, 0.2) is 11.5 Å². The van der Waals surface area contributed by atoms with E-state index in [1.807, 2.05) is 31.2 Å². The first kappa shape index (κ1) is 16.9. The number of hydrogen-bond acceptors (Lipinski definition) is 6. The molecule has 25 heavy (non-hydrogen) atoms. The zero-order valence-electron chi connectivity index (χ0n) is 14.7. The molecule has 0 aliphatic rings. The largest absolute Gasteiger partial charge is 0.355 e. The Morgan fingerprint density at radius 1 is 1.24 bits per heavy atom. The quantitative estimate of drug-likeness (QED) is 0.763. The van der Waals surface area contributed by atoms with Gasteiger partial charge in [0.1, 0.15) is 5.56 Å². The van der Waals surface area contributed by atoms with Crippen LogP contribution in [0.2, 0.25) is 0 Å². The van der Waals surface area contributed by atoms with Crippen LogP contribution < -0.4 is 5.32 Å². The topological polar surface area (TPSA) is 94.1 Å². The van der Waals surface area contributed by atoms with Crippen LogP contribution in [0.15, 0.2) is 33.3 Å². The van der Waals surface area contributed by atoms with Crippen LogP contribution in [-0.2, 0) is 0 Å². The van der Waals surface area contributed by atoms with E-state index >= 15 is 0 Å². The van der Waals surface area contributed by atoms with Gasteiger partial charge < -0.3 is 14.4 Å². The van der Waals surface area contributed by atoms with Gasteiger partial charge in [0, 0.05) is 19.0 Å². The SMILES string of the molecule is CCNC(=O)c1noc(-c2cccc(C(C)C)c2)c1-c1noc(C)n1. The Kier molecular flexibility index (Phi) is 4.65. The van der Waals surface area contributed by atoms with Crippen LogP contribution in [0.5, 0.6) is 0 Å². The van der Waals surface area contributed by atoms with Gasteiger partial charge in [0.05, 0.1) is 0 Å². The summed E-state index contributed by atoms with van der Waals surface area (Å²) >= 11 is 0. The zero-order chi connectivity index (χ0) is 18.0. The van der Waals surface area contributed by atoms with Crippen molar-refractivity contribution >= 4 is 5.91 Å². The standard InChI is InChI=1S/C18H20N4O3/c1-5-19-18(23)15-14(17-20-11(4)24-22-17)16(25-21-15)13-8-6-7-12(9-13)10(2)3/h6-10H,5H2,1-4H3,(H,19,23). The lowest BCUT2D eigenvalue weighted by atomic mass is 9.98. The number of nitrogens with zero attached hydrogens (tertiary/aromatic N) is 3. The van der Waals surface area contributed by atoms with Gasteiger partial charge >= 0.3 is 0 Å². The normalized spacial score (nSPS) is 11.1. The molecule has 3 aromatic rings. The number of carbonyl (C=O) groups excluding carboxylic acids is 1. The lowest BCUT2D eigenvalue weighted by Crippen LogP contribution is -2.23. The third kappa shape index (κ3) is 3.31. The molecule has 0 saturated carbocycles. The molecular weight excluding hydrogens is 320 g/mol. The summed E-state index contributed by atoms with van der Waals surface area (Å²) in [6, 6.07) is 7.92. The maximum Gasteiger partial charge on any atom is 0.274 e. The maximum atomic E-state index is 12.3. The highest BCUT2D eigenvalue weighted by Crippen LogP contribution is 2.34. The molecular formula is C18H20N4O3. The fourth-order valence-corrected chi connectivity index (χ4v) is 2.53. The molecule has 1 amide bonds.